The third-order valence-corrected chi connectivity index (χ3v) is 6.03. The summed E-state index contributed by atoms with van der Waals surface area (Å²) in [6, 6.07) is 20.9. The molecule has 178 valence electrons. The van der Waals surface area contributed by atoms with Crippen LogP contribution >= 0.6 is 11.8 Å². The summed E-state index contributed by atoms with van der Waals surface area (Å²) >= 11 is 1.14. The fraction of sp³-hybridized carbons (Fsp3) is 0.120. The van der Waals surface area contributed by atoms with Gasteiger partial charge in [0.1, 0.15) is 6.04 Å². The molecule has 0 saturated heterocycles. The number of hydrogen-bond donors (Lipinski definition) is 2. The summed E-state index contributed by atoms with van der Waals surface area (Å²) in [6.45, 7) is 0. The molecular formula is C25H21F2N5O2S. The minimum atomic E-state index is -1.19. The van der Waals surface area contributed by atoms with Gasteiger partial charge in [-0.1, -0.05) is 66.4 Å². The van der Waals surface area contributed by atoms with E-state index in [0.29, 0.717) is 11.0 Å². The highest BCUT2D eigenvalue weighted by atomic mass is 32.2. The molecule has 0 saturated carbocycles. The van der Waals surface area contributed by atoms with Gasteiger partial charge in [0, 0.05) is 18.3 Å². The second-order valence-corrected chi connectivity index (χ2v) is 8.36. The largest absolute Gasteiger partial charge is 0.357 e. The van der Waals surface area contributed by atoms with Crippen molar-refractivity contribution in [1.29, 1.82) is 0 Å². The number of nitrogens with zero attached hydrogens (tertiary/aromatic N) is 3. The number of likely N-dealkylation sites (N-methyl/N-ethyl adjacent to an activating group) is 1. The maximum Gasteiger partial charge on any atom is 0.246 e. The van der Waals surface area contributed by atoms with E-state index in [-0.39, 0.29) is 11.3 Å². The normalized spacial score (nSPS) is 11.6. The Balaban J connectivity index is 1.56. The minimum Gasteiger partial charge on any atom is -0.357 e. The maximum absolute atomic E-state index is 13.7. The van der Waals surface area contributed by atoms with E-state index in [1.165, 1.54) is 13.1 Å². The van der Waals surface area contributed by atoms with Crippen LogP contribution in [0, 0.1) is 11.6 Å². The summed E-state index contributed by atoms with van der Waals surface area (Å²) in [5.74, 6) is -2.67. The number of carbonyl (C=O) groups excluding carboxylic acids is 2. The van der Waals surface area contributed by atoms with Gasteiger partial charge < -0.3 is 10.6 Å². The number of aromatic nitrogens is 3. The number of benzene rings is 3. The molecule has 1 heterocycles. The van der Waals surface area contributed by atoms with Crippen molar-refractivity contribution < 1.29 is 18.4 Å². The zero-order chi connectivity index (χ0) is 24.8. The third-order valence-electron chi connectivity index (χ3n) is 5.10. The molecule has 0 radical (unpaired) electrons. The van der Waals surface area contributed by atoms with Gasteiger partial charge >= 0.3 is 0 Å². The highest BCUT2D eigenvalue weighted by Crippen LogP contribution is 2.28. The summed E-state index contributed by atoms with van der Waals surface area (Å²) in [5.41, 5.74) is 1.81. The Hall–Kier alpha value is -4.05. The fourth-order valence-electron chi connectivity index (χ4n) is 3.42. The van der Waals surface area contributed by atoms with Crippen molar-refractivity contribution in [3.8, 4) is 17.1 Å². The molecule has 3 aromatic carbocycles. The van der Waals surface area contributed by atoms with Gasteiger partial charge in [0.15, 0.2) is 22.6 Å². The molecule has 0 aliphatic heterocycles. The molecule has 10 heteroatoms. The molecule has 0 aliphatic carbocycles. The standard InChI is InChI=1S/C25H21F2N5O2S/c1-28-24(34)22(17-12-13-19(26)20(27)14-17)29-21(33)15-35-25-31-30-23(16-8-4-2-5-9-16)32(25)18-10-6-3-7-11-18/h2-14,22H,15H2,1H3,(H,28,34)(H,29,33). The Morgan fingerprint density at radius 1 is 0.943 bits per heavy atom. The van der Waals surface area contributed by atoms with Crippen LogP contribution in [0.15, 0.2) is 84.0 Å². The number of halogens is 2. The summed E-state index contributed by atoms with van der Waals surface area (Å²) in [4.78, 5) is 25.1. The van der Waals surface area contributed by atoms with Crippen LogP contribution in [0.4, 0.5) is 8.78 Å². The Bertz CT molecular complexity index is 1330. The molecule has 0 spiro atoms. The quantitative estimate of drug-likeness (QED) is 0.364. The predicted octanol–water partition coefficient (Wildman–Crippen LogP) is 3.91. The first-order chi connectivity index (χ1) is 17.0. The SMILES string of the molecule is CNC(=O)C(NC(=O)CSc1nnc(-c2ccccc2)n1-c1ccccc1)c1ccc(F)c(F)c1. The third kappa shape index (κ3) is 5.55. The maximum atomic E-state index is 13.7. The number of hydrogen-bond acceptors (Lipinski definition) is 5. The van der Waals surface area contributed by atoms with E-state index >= 15 is 0 Å². The zero-order valence-electron chi connectivity index (χ0n) is 18.6. The van der Waals surface area contributed by atoms with E-state index in [1.54, 1.807) is 0 Å². The highest BCUT2D eigenvalue weighted by Gasteiger charge is 2.24. The van der Waals surface area contributed by atoms with Crippen LogP contribution in [-0.2, 0) is 9.59 Å². The van der Waals surface area contributed by atoms with Crippen molar-refractivity contribution in [2.45, 2.75) is 11.2 Å². The number of thioether (sulfide) groups is 1. The van der Waals surface area contributed by atoms with Crippen molar-refractivity contribution >= 4 is 23.6 Å². The van der Waals surface area contributed by atoms with E-state index in [2.05, 4.69) is 20.8 Å². The van der Waals surface area contributed by atoms with E-state index < -0.39 is 29.5 Å². The van der Waals surface area contributed by atoms with Gasteiger partial charge in [0.2, 0.25) is 11.8 Å². The first-order valence-electron chi connectivity index (χ1n) is 10.6. The van der Waals surface area contributed by atoms with Crippen molar-refractivity contribution in [1.82, 2.24) is 25.4 Å². The van der Waals surface area contributed by atoms with Crippen LogP contribution in [0.3, 0.4) is 0 Å². The van der Waals surface area contributed by atoms with Gasteiger partial charge in [-0.2, -0.15) is 0 Å². The van der Waals surface area contributed by atoms with Crippen LogP contribution in [0.1, 0.15) is 11.6 Å². The van der Waals surface area contributed by atoms with Gasteiger partial charge in [-0.3, -0.25) is 14.2 Å². The zero-order valence-corrected chi connectivity index (χ0v) is 19.4. The Morgan fingerprint density at radius 3 is 2.29 bits per heavy atom. The summed E-state index contributed by atoms with van der Waals surface area (Å²) in [5, 5.41) is 14.1. The molecule has 1 aromatic heterocycles. The molecule has 7 nitrogen and oxygen atoms in total. The van der Waals surface area contributed by atoms with Gasteiger partial charge in [-0.05, 0) is 29.8 Å². The molecule has 0 bridgehead atoms. The van der Waals surface area contributed by atoms with E-state index in [1.807, 2.05) is 65.2 Å². The molecule has 35 heavy (non-hydrogen) atoms. The molecule has 1 atom stereocenters. The van der Waals surface area contributed by atoms with Crippen molar-refractivity contribution in [3.63, 3.8) is 0 Å². The average Bonchev–Trinajstić information content (AvgIpc) is 3.32. The second-order valence-electron chi connectivity index (χ2n) is 7.42. The second kappa shape index (κ2) is 10.9. The lowest BCUT2D eigenvalue weighted by molar-refractivity contribution is -0.127. The first kappa shape index (κ1) is 24.1. The Kier molecular flexibility index (Phi) is 7.51. The molecular weight excluding hydrogens is 472 g/mol. The highest BCUT2D eigenvalue weighted by molar-refractivity contribution is 7.99. The minimum absolute atomic E-state index is 0.0864. The lowest BCUT2D eigenvalue weighted by Crippen LogP contribution is -2.39. The first-order valence-corrected chi connectivity index (χ1v) is 11.6. The predicted molar refractivity (Wildman–Crippen MR) is 129 cm³/mol. The van der Waals surface area contributed by atoms with E-state index in [0.717, 1.165) is 35.1 Å². The smallest absolute Gasteiger partial charge is 0.246 e. The number of para-hydroxylation sites is 1. The van der Waals surface area contributed by atoms with Crippen LogP contribution in [-0.4, -0.2) is 39.4 Å². The Labute approximate surface area is 204 Å². The molecule has 4 rings (SSSR count). The molecule has 2 N–H and O–H groups in total. The molecule has 0 fully saturated rings. The van der Waals surface area contributed by atoms with Crippen molar-refractivity contribution in [2.75, 3.05) is 12.8 Å². The lowest BCUT2D eigenvalue weighted by Gasteiger charge is -2.18. The molecule has 4 aromatic rings. The van der Waals surface area contributed by atoms with Gasteiger partial charge in [-0.15, -0.1) is 10.2 Å². The number of amides is 2. The summed E-state index contributed by atoms with van der Waals surface area (Å²) < 4.78 is 28.9. The van der Waals surface area contributed by atoms with Gasteiger partial charge in [0.25, 0.3) is 0 Å². The molecule has 2 amide bonds. The fourth-order valence-corrected chi connectivity index (χ4v) is 4.18. The summed E-state index contributed by atoms with van der Waals surface area (Å²) in [6.07, 6.45) is 0. The molecule has 0 aliphatic rings. The van der Waals surface area contributed by atoms with Crippen molar-refractivity contribution in [3.05, 3.63) is 96.1 Å². The molecule has 1 unspecified atom stereocenters. The monoisotopic (exact) mass is 493 g/mol. The van der Waals surface area contributed by atoms with Crippen LogP contribution < -0.4 is 10.6 Å². The van der Waals surface area contributed by atoms with E-state index in [4.69, 9.17) is 0 Å². The lowest BCUT2D eigenvalue weighted by atomic mass is 10.1. The number of carbonyl (C=O) groups is 2. The Morgan fingerprint density at radius 2 is 1.63 bits per heavy atom. The summed E-state index contributed by atoms with van der Waals surface area (Å²) in [7, 11) is 1.39. The van der Waals surface area contributed by atoms with Gasteiger partial charge in [0.05, 0.1) is 5.75 Å². The van der Waals surface area contributed by atoms with Crippen LogP contribution in [0.5, 0.6) is 0 Å². The van der Waals surface area contributed by atoms with Crippen LogP contribution in [0.25, 0.3) is 17.1 Å². The van der Waals surface area contributed by atoms with Crippen molar-refractivity contribution in [2.24, 2.45) is 0 Å². The van der Waals surface area contributed by atoms with Crippen LogP contribution in [0.2, 0.25) is 0 Å². The topological polar surface area (TPSA) is 88.9 Å². The number of nitrogens with one attached hydrogen (secondary N) is 2. The average molecular weight is 494 g/mol. The number of rotatable bonds is 8. The van der Waals surface area contributed by atoms with Gasteiger partial charge in [-0.25, -0.2) is 8.78 Å². The van der Waals surface area contributed by atoms with E-state index in [9.17, 15) is 18.4 Å².